The highest BCUT2D eigenvalue weighted by Gasteiger charge is 1.86. The second-order valence-electron chi connectivity index (χ2n) is 2.16. The summed E-state index contributed by atoms with van der Waals surface area (Å²) in [4.78, 5) is 0. The zero-order chi connectivity index (χ0) is 7.82. The summed E-state index contributed by atoms with van der Waals surface area (Å²) in [6.07, 6.45) is 9.44. The van der Waals surface area contributed by atoms with Crippen LogP contribution in [0.2, 0.25) is 0 Å². The van der Waals surface area contributed by atoms with Crippen molar-refractivity contribution in [3.63, 3.8) is 0 Å². The molecule has 0 spiro atoms. The summed E-state index contributed by atoms with van der Waals surface area (Å²) in [5, 5.41) is 6.85. The van der Waals surface area contributed by atoms with Crippen LogP contribution in [0.3, 0.4) is 0 Å². The van der Waals surface area contributed by atoms with Crippen molar-refractivity contribution in [2.75, 3.05) is 0 Å². The average Bonchev–Trinajstić information content (AvgIpc) is 1.90. The lowest BCUT2D eigenvalue weighted by atomic mass is 10.1. The van der Waals surface area contributed by atoms with Crippen molar-refractivity contribution in [3.05, 3.63) is 23.8 Å². The smallest absolute Gasteiger partial charge is 0.0180 e. The van der Waals surface area contributed by atoms with Crippen LogP contribution in [0, 0.1) is 5.41 Å². The summed E-state index contributed by atoms with van der Waals surface area (Å²) >= 11 is 0. The highest BCUT2D eigenvalue weighted by molar-refractivity contribution is 5.69. The van der Waals surface area contributed by atoms with Crippen LogP contribution >= 0.6 is 0 Å². The van der Waals surface area contributed by atoms with E-state index in [1.54, 1.807) is 0 Å². The predicted molar refractivity (Wildman–Crippen MR) is 46.6 cm³/mol. The van der Waals surface area contributed by atoms with E-state index in [4.69, 9.17) is 5.41 Å². The van der Waals surface area contributed by atoms with Crippen molar-refractivity contribution in [2.45, 2.75) is 26.7 Å². The lowest BCUT2D eigenvalue weighted by Crippen LogP contribution is -1.77. The van der Waals surface area contributed by atoms with Gasteiger partial charge in [0.15, 0.2) is 0 Å². The normalized spacial score (nSPS) is 12.4. The summed E-state index contributed by atoms with van der Waals surface area (Å²) in [6, 6.07) is 0. The number of hydrogen-bond donors (Lipinski definition) is 1. The molecule has 10 heavy (non-hydrogen) atoms. The molecule has 1 N–H and O–H groups in total. The molecule has 0 aromatic rings. The Kier molecular flexibility index (Phi) is 5.74. The molecule has 56 valence electrons. The van der Waals surface area contributed by atoms with Gasteiger partial charge in [0, 0.05) is 6.21 Å². The van der Waals surface area contributed by atoms with Gasteiger partial charge in [-0.3, -0.25) is 0 Å². The van der Waals surface area contributed by atoms with Crippen LogP contribution in [0.25, 0.3) is 0 Å². The van der Waals surface area contributed by atoms with Crippen LogP contribution in [0.1, 0.15) is 26.7 Å². The van der Waals surface area contributed by atoms with E-state index in [0.29, 0.717) is 0 Å². The fraction of sp³-hybridized carbons (Fsp3) is 0.444. The van der Waals surface area contributed by atoms with Crippen molar-refractivity contribution in [2.24, 2.45) is 0 Å². The van der Waals surface area contributed by atoms with Gasteiger partial charge in [-0.15, -0.1) is 0 Å². The summed E-state index contributed by atoms with van der Waals surface area (Å²) in [7, 11) is 0. The largest absolute Gasteiger partial charge is 0.309 e. The van der Waals surface area contributed by atoms with Gasteiger partial charge in [0.2, 0.25) is 0 Å². The molecule has 0 bridgehead atoms. The third-order valence-electron chi connectivity index (χ3n) is 1.22. The molecule has 0 atom stereocenters. The highest BCUT2D eigenvalue weighted by Crippen LogP contribution is 2.04. The van der Waals surface area contributed by atoms with E-state index in [2.05, 4.69) is 13.0 Å². The van der Waals surface area contributed by atoms with Crippen LogP contribution in [0.5, 0.6) is 0 Å². The molecule has 0 fully saturated rings. The Balaban J connectivity index is 3.96. The van der Waals surface area contributed by atoms with Gasteiger partial charge in [-0.2, -0.15) is 0 Å². The Bertz CT molecular complexity index is 143. The monoisotopic (exact) mass is 137 g/mol. The van der Waals surface area contributed by atoms with Crippen LogP contribution in [0.4, 0.5) is 0 Å². The number of hydrogen-bond acceptors (Lipinski definition) is 1. The van der Waals surface area contributed by atoms with E-state index in [0.717, 1.165) is 12.8 Å². The third kappa shape index (κ3) is 4.07. The molecule has 0 saturated carbocycles. The Morgan fingerprint density at radius 2 is 2.20 bits per heavy atom. The fourth-order valence-corrected chi connectivity index (χ4v) is 0.832. The molecule has 0 aliphatic rings. The second-order valence-corrected chi connectivity index (χ2v) is 2.16. The molecular formula is C9H15N. The quantitative estimate of drug-likeness (QED) is 0.455. The first-order valence-corrected chi connectivity index (χ1v) is 3.67. The average molecular weight is 137 g/mol. The maximum Gasteiger partial charge on any atom is 0.0180 e. The summed E-state index contributed by atoms with van der Waals surface area (Å²) < 4.78 is 0. The van der Waals surface area contributed by atoms with E-state index in [1.807, 2.05) is 19.1 Å². The van der Waals surface area contributed by atoms with E-state index >= 15 is 0 Å². The molecule has 0 aliphatic heterocycles. The second kappa shape index (κ2) is 6.27. The molecule has 1 nitrogen and oxygen atoms in total. The van der Waals surface area contributed by atoms with Crippen LogP contribution in [0.15, 0.2) is 23.8 Å². The van der Waals surface area contributed by atoms with E-state index in [9.17, 15) is 0 Å². The van der Waals surface area contributed by atoms with Crippen molar-refractivity contribution < 1.29 is 0 Å². The first-order valence-electron chi connectivity index (χ1n) is 3.67. The Morgan fingerprint density at radius 1 is 1.50 bits per heavy atom. The topological polar surface area (TPSA) is 23.9 Å². The van der Waals surface area contributed by atoms with Gasteiger partial charge in [-0.1, -0.05) is 25.5 Å². The minimum absolute atomic E-state index is 1.07. The summed E-state index contributed by atoms with van der Waals surface area (Å²) in [6.45, 7) is 4.13. The fourth-order valence-electron chi connectivity index (χ4n) is 0.832. The van der Waals surface area contributed by atoms with Crippen molar-refractivity contribution in [1.82, 2.24) is 0 Å². The molecule has 0 saturated heterocycles. The number of allylic oxidation sites excluding steroid dienone is 4. The summed E-state index contributed by atoms with van der Waals surface area (Å²) in [5.41, 5.74) is 1.24. The van der Waals surface area contributed by atoms with E-state index in [-0.39, 0.29) is 0 Å². The van der Waals surface area contributed by atoms with Crippen LogP contribution in [-0.2, 0) is 0 Å². The Labute approximate surface area is 63.0 Å². The number of rotatable bonds is 4. The van der Waals surface area contributed by atoms with Gasteiger partial charge in [0.05, 0.1) is 0 Å². The zero-order valence-corrected chi connectivity index (χ0v) is 6.72. The molecule has 0 amide bonds. The molecule has 0 aromatic heterocycles. The Morgan fingerprint density at radius 3 is 2.60 bits per heavy atom. The van der Waals surface area contributed by atoms with Crippen LogP contribution < -0.4 is 0 Å². The minimum atomic E-state index is 1.07. The minimum Gasteiger partial charge on any atom is -0.309 e. The lowest BCUT2D eigenvalue weighted by molar-refractivity contribution is 0.927. The third-order valence-corrected chi connectivity index (χ3v) is 1.22. The van der Waals surface area contributed by atoms with Gasteiger partial charge in [-0.05, 0) is 25.0 Å². The first-order chi connectivity index (χ1) is 4.85. The van der Waals surface area contributed by atoms with Gasteiger partial charge < -0.3 is 5.41 Å². The molecule has 0 heterocycles. The van der Waals surface area contributed by atoms with Gasteiger partial charge in [-0.25, -0.2) is 0 Å². The predicted octanol–water partition coefficient (Wildman–Crippen LogP) is 2.94. The Hall–Kier alpha value is -0.850. The van der Waals surface area contributed by atoms with E-state index in [1.165, 1.54) is 11.8 Å². The molecule has 0 aliphatic carbocycles. The molecule has 1 heteroatoms. The van der Waals surface area contributed by atoms with E-state index < -0.39 is 0 Å². The zero-order valence-electron chi connectivity index (χ0n) is 6.72. The lowest BCUT2D eigenvalue weighted by Gasteiger charge is -1.94. The molecule has 0 aromatic carbocycles. The molecule has 0 radical (unpaired) electrons. The maximum absolute atomic E-state index is 6.85. The maximum atomic E-state index is 6.85. The molecular weight excluding hydrogens is 122 g/mol. The summed E-state index contributed by atoms with van der Waals surface area (Å²) in [5.74, 6) is 0. The van der Waals surface area contributed by atoms with Crippen molar-refractivity contribution >= 4 is 6.21 Å². The van der Waals surface area contributed by atoms with Gasteiger partial charge in [0.25, 0.3) is 0 Å². The molecule has 0 rings (SSSR count). The standard InChI is InChI=1S/C9H15N/c1-3-5-9(6-4-2)7-8-10/h3,5,7-8,10H,4,6H2,1-2H3. The SMILES string of the molecule is CC=CC(=CC=N)CCC. The molecule has 0 unspecified atom stereocenters. The van der Waals surface area contributed by atoms with Crippen molar-refractivity contribution in [3.8, 4) is 0 Å². The highest BCUT2D eigenvalue weighted by atomic mass is 14.3. The van der Waals surface area contributed by atoms with Gasteiger partial charge in [0.1, 0.15) is 0 Å². The first kappa shape index (κ1) is 9.15. The van der Waals surface area contributed by atoms with Crippen LogP contribution in [-0.4, -0.2) is 6.21 Å². The van der Waals surface area contributed by atoms with Gasteiger partial charge >= 0.3 is 0 Å². The number of nitrogens with one attached hydrogen (secondary N) is 1. The van der Waals surface area contributed by atoms with Crippen molar-refractivity contribution in [1.29, 1.82) is 5.41 Å².